The number of carboxylic acid groups (broad SMARTS) is 1. The monoisotopic (exact) mass is 741 g/mol. The summed E-state index contributed by atoms with van der Waals surface area (Å²) in [5, 5.41) is 17.6. The Morgan fingerprint density at radius 2 is 1.47 bits per heavy atom. The van der Waals surface area contributed by atoms with Crippen LogP contribution >= 0.6 is 0 Å². The van der Waals surface area contributed by atoms with Crippen molar-refractivity contribution in [2.45, 2.75) is 83.7 Å². The number of hydrogen-bond acceptors (Lipinski definition) is 10. The predicted molar refractivity (Wildman–Crippen MR) is 203 cm³/mol. The molecule has 1 heterocycles. The minimum Gasteiger partial charge on any atom is -0.492 e. The fourth-order valence-electron chi connectivity index (χ4n) is 5.70. The number of nitrogens with two attached hydrogens (primary N) is 3. The van der Waals surface area contributed by atoms with Crippen molar-refractivity contribution >= 4 is 29.6 Å². The van der Waals surface area contributed by atoms with E-state index in [0.717, 1.165) is 32.2 Å². The van der Waals surface area contributed by atoms with Gasteiger partial charge in [-0.25, -0.2) is 4.79 Å². The first kappa shape index (κ1) is 44.4. The van der Waals surface area contributed by atoms with Crippen molar-refractivity contribution in [2.75, 3.05) is 53.0 Å². The molecule has 0 saturated heterocycles. The number of fused-ring (bicyclic) bond motifs is 5. The van der Waals surface area contributed by atoms with Gasteiger partial charge < -0.3 is 52.6 Å². The number of rotatable bonds is 18. The van der Waals surface area contributed by atoms with Gasteiger partial charge >= 0.3 is 5.97 Å². The Morgan fingerprint density at radius 1 is 0.887 bits per heavy atom. The quantitative estimate of drug-likeness (QED) is 0.109. The van der Waals surface area contributed by atoms with Crippen LogP contribution in [0.15, 0.2) is 36.4 Å². The molecule has 53 heavy (non-hydrogen) atoms. The lowest BCUT2D eigenvalue weighted by Crippen LogP contribution is -2.49. The molecule has 15 heteroatoms. The zero-order valence-electron chi connectivity index (χ0n) is 31.4. The van der Waals surface area contributed by atoms with Gasteiger partial charge in [0.05, 0.1) is 13.1 Å². The molecule has 1 aliphatic heterocycles. The summed E-state index contributed by atoms with van der Waals surface area (Å²) in [5.41, 5.74) is 18.3. The van der Waals surface area contributed by atoms with E-state index < -0.39 is 42.3 Å². The van der Waals surface area contributed by atoms with E-state index >= 15 is 0 Å². The van der Waals surface area contributed by atoms with Crippen molar-refractivity contribution < 1.29 is 38.6 Å². The van der Waals surface area contributed by atoms with E-state index in [2.05, 4.69) is 22.9 Å². The second kappa shape index (κ2) is 24.5. The number of nitrogens with zero attached hydrogens (tertiary/aromatic N) is 1. The molecule has 4 amide bonds. The van der Waals surface area contributed by atoms with Crippen LogP contribution in [0.25, 0.3) is 11.1 Å². The molecule has 2 aromatic rings. The van der Waals surface area contributed by atoms with Gasteiger partial charge in [0.2, 0.25) is 23.6 Å². The van der Waals surface area contributed by atoms with Gasteiger partial charge in [0.15, 0.2) is 0 Å². The van der Waals surface area contributed by atoms with Crippen LogP contribution in [0.3, 0.4) is 0 Å². The molecule has 2 unspecified atom stereocenters. The van der Waals surface area contributed by atoms with Crippen LogP contribution in [0.5, 0.6) is 11.5 Å². The minimum absolute atomic E-state index is 0.0532. The normalized spacial score (nSPS) is 15.4. The predicted octanol–water partition coefficient (Wildman–Crippen LogP) is 1.99. The summed E-state index contributed by atoms with van der Waals surface area (Å²) < 4.78 is 11.9. The summed E-state index contributed by atoms with van der Waals surface area (Å²) in [7, 11) is 1.44. The van der Waals surface area contributed by atoms with Crippen LogP contribution in [0.2, 0.25) is 0 Å². The highest BCUT2D eigenvalue weighted by Crippen LogP contribution is 2.40. The summed E-state index contributed by atoms with van der Waals surface area (Å²) in [6.07, 6.45) is 7.66. The fourth-order valence-corrected chi connectivity index (χ4v) is 5.70. The van der Waals surface area contributed by atoms with Crippen LogP contribution in [0.1, 0.15) is 82.4 Å². The average molecular weight is 742 g/mol. The molecule has 2 atom stereocenters. The van der Waals surface area contributed by atoms with Gasteiger partial charge in [-0.2, -0.15) is 0 Å². The number of carboxylic acids is 1. The third kappa shape index (κ3) is 15.0. The third-order valence-corrected chi connectivity index (χ3v) is 8.37. The Hall–Kier alpha value is -4.73. The topological polar surface area (TPSA) is 241 Å². The van der Waals surface area contributed by atoms with Gasteiger partial charge in [0, 0.05) is 44.1 Å². The molecule has 0 aliphatic carbocycles. The number of ether oxygens (including phenoxy) is 2. The van der Waals surface area contributed by atoms with E-state index in [1.807, 2.05) is 6.92 Å². The highest BCUT2D eigenvalue weighted by molar-refractivity contribution is 5.94. The Bertz CT molecular complexity index is 1490. The van der Waals surface area contributed by atoms with Crippen molar-refractivity contribution in [1.29, 1.82) is 0 Å². The highest BCUT2D eigenvalue weighted by Gasteiger charge is 2.31. The van der Waals surface area contributed by atoms with E-state index in [1.165, 1.54) is 31.2 Å². The molecule has 15 nitrogen and oxygen atoms in total. The number of amides is 4. The molecule has 3 rings (SSSR count). The number of carbonyl (C=O) groups excluding carboxylic acids is 4. The second-order valence-corrected chi connectivity index (χ2v) is 12.7. The second-order valence-electron chi connectivity index (χ2n) is 12.7. The van der Waals surface area contributed by atoms with Crippen LogP contribution in [-0.4, -0.2) is 98.6 Å². The Kier molecular flexibility index (Phi) is 20.5. The van der Waals surface area contributed by atoms with Gasteiger partial charge in [-0.05, 0) is 48.4 Å². The maximum absolute atomic E-state index is 13.8. The number of aliphatic carboxylic acids is 1. The minimum atomic E-state index is -1.30. The molecule has 10 N–H and O–H groups in total. The van der Waals surface area contributed by atoms with Crippen molar-refractivity contribution in [2.24, 2.45) is 17.2 Å². The molecule has 0 spiro atoms. The largest absolute Gasteiger partial charge is 0.492 e. The standard InChI is InChI=1S/C36H52N6O8.C2H7N/c1-3-4-5-6-7-8-9-10-31(43)39-23-33(45)42(2)34-25-12-14-30(50-18-16-38)27(21-25)26-19-24(11-13-29(26)49-17-15-37)20-28(36(47)48)41-32(44)22-40-35(34)46;1-2-3/h11-14,19,21,28,34H,3-10,15-18,20,22-23,37-38H2,1-2H3,(H,39,43)(H,40,46)(H,41,44)(H,47,48);2-3H2,1H3. The molecular formula is C38H59N7O8. The van der Waals surface area contributed by atoms with Crippen molar-refractivity contribution in [1.82, 2.24) is 20.9 Å². The van der Waals surface area contributed by atoms with Gasteiger partial charge in [-0.15, -0.1) is 0 Å². The SMILES string of the molecule is CCCCCCCCCC(=O)NCC(=O)N(C)C1C(=O)NCC(=O)NC(C(=O)O)Cc2ccc(OCCN)c(c2)-c2cc1ccc2OCCN.CCN. The molecule has 4 bridgehead atoms. The Labute approximate surface area is 312 Å². The average Bonchev–Trinajstić information content (AvgIpc) is 3.14. The smallest absolute Gasteiger partial charge is 0.326 e. The summed E-state index contributed by atoms with van der Waals surface area (Å²) >= 11 is 0. The van der Waals surface area contributed by atoms with E-state index in [9.17, 15) is 29.1 Å². The first-order chi connectivity index (χ1) is 25.5. The number of nitrogens with one attached hydrogen (secondary N) is 3. The molecular weight excluding hydrogens is 682 g/mol. The molecule has 0 aromatic heterocycles. The van der Waals surface area contributed by atoms with Gasteiger partial charge in [0.1, 0.15) is 36.8 Å². The van der Waals surface area contributed by atoms with Crippen molar-refractivity contribution in [3.05, 3.63) is 47.5 Å². The number of likely N-dealkylation sites (N-methyl/N-ethyl adjacent to an activating group) is 1. The zero-order chi connectivity index (χ0) is 39.2. The van der Waals surface area contributed by atoms with Crippen LogP contribution in [0.4, 0.5) is 0 Å². The zero-order valence-corrected chi connectivity index (χ0v) is 31.4. The maximum atomic E-state index is 13.8. The number of unbranched alkanes of at least 4 members (excludes halogenated alkanes) is 6. The van der Waals surface area contributed by atoms with E-state index in [-0.39, 0.29) is 45.2 Å². The maximum Gasteiger partial charge on any atom is 0.326 e. The Balaban J connectivity index is 0.00000313. The van der Waals surface area contributed by atoms with Gasteiger partial charge in [0.25, 0.3) is 0 Å². The number of benzene rings is 2. The van der Waals surface area contributed by atoms with Crippen LogP contribution < -0.4 is 42.6 Å². The van der Waals surface area contributed by atoms with Crippen LogP contribution in [0, 0.1) is 0 Å². The lowest BCUT2D eigenvalue weighted by Gasteiger charge is -2.29. The Morgan fingerprint density at radius 3 is 2.08 bits per heavy atom. The summed E-state index contributed by atoms with van der Waals surface area (Å²) in [6, 6.07) is 7.56. The van der Waals surface area contributed by atoms with E-state index in [0.29, 0.717) is 40.2 Å². The fraction of sp³-hybridized carbons (Fsp3) is 0.553. The summed E-state index contributed by atoms with van der Waals surface area (Å²) in [4.78, 5) is 65.9. The molecule has 294 valence electrons. The number of carbonyl (C=O) groups is 5. The summed E-state index contributed by atoms with van der Waals surface area (Å²) in [5.74, 6) is -2.62. The van der Waals surface area contributed by atoms with E-state index in [4.69, 9.17) is 26.7 Å². The van der Waals surface area contributed by atoms with Crippen molar-refractivity contribution in [3.8, 4) is 22.6 Å². The first-order valence-electron chi connectivity index (χ1n) is 18.5. The lowest BCUT2D eigenvalue weighted by molar-refractivity contribution is -0.142. The van der Waals surface area contributed by atoms with Gasteiger partial charge in [-0.3, -0.25) is 19.2 Å². The van der Waals surface area contributed by atoms with Gasteiger partial charge in [-0.1, -0.05) is 64.5 Å². The van der Waals surface area contributed by atoms with Crippen molar-refractivity contribution in [3.63, 3.8) is 0 Å². The summed E-state index contributed by atoms with van der Waals surface area (Å²) in [6.45, 7) is 4.78. The molecule has 2 aromatic carbocycles. The third-order valence-electron chi connectivity index (χ3n) is 8.37. The molecule has 0 fully saturated rings. The molecule has 0 radical (unpaired) electrons. The lowest BCUT2D eigenvalue weighted by atomic mass is 9.94. The molecule has 0 saturated carbocycles. The number of hydrogen-bond donors (Lipinski definition) is 7. The van der Waals surface area contributed by atoms with Crippen LogP contribution in [-0.2, 0) is 30.4 Å². The highest BCUT2D eigenvalue weighted by atomic mass is 16.5. The first-order valence-corrected chi connectivity index (χ1v) is 18.5. The molecule has 1 aliphatic rings. The van der Waals surface area contributed by atoms with E-state index in [1.54, 1.807) is 36.4 Å².